The van der Waals surface area contributed by atoms with Gasteiger partial charge in [-0.2, -0.15) is 0 Å². The van der Waals surface area contributed by atoms with Gasteiger partial charge in [-0.1, -0.05) is 37.3 Å². The van der Waals surface area contributed by atoms with Crippen molar-refractivity contribution in [3.8, 4) is 11.4 Å². The lowest BCUT2D eigenvalue weighted by Crippen LogP contribution is -2.31. The monoisotopic (exact) mass is 300 g/mol. The minimum atomic E-state index is -0.0906. The van der Waals surface area contributed by atoms with Gasteiger partial charge in [0.05, 0.1) is 6.54 Å². The highest BCUT2D eigenvalue weighted by Crippen LogP contribution is 2.36. The van der Waals surface area contributed by atoms with Gasteiger partial charge in [0.2, 0.25) is 5.91 Å². The van der Waals surface area contributed by atoms with Crippen LogP contribution in [0, 0.1) is 0 Å². The van der Waals surface area contributed by atoms with Gasteiger partial charge >= 0.3 is 5.69 Å². The van der Waals surface area contributed by atoms with Crippen molar-refractivity contribution in [2.75, 3.05) is 6.54 Å². The Labute approximate surface area is 128 Å². The standard InChI is InChI=1S/C16H20N4O2/c1-2-14(21)17-10-11-19-16(22)20(13-8-9-13)15(18-19)12-6-4-3-5-7-12/h3-7,13H,2,8-11H2,1H3,(H,17,21). The van der Waals surface area contributed by atoms with E-state index in [1.807, 2.05) is 30.3 Å². The van der Waals surface area contributed by atoms with Crippen molar-refractivity contribution < 1.29 is 4.79 Å². The van der Waals surface area contributed by atoms with Gasteiger partial charge in [0.1, 0.15) is 0 Å². The van der Waals surface area contributed by atoms with Gasteiger partial charge in [-0.05, 0) is 12.8 Å². The van der Waals surface area contributed by atoms with E-state index in [-0.39, 0.29) is 17.6 Å². The topological polar surface area (TPSA) is 68.9 Å². The Hall–Kier alpha value is -2.37. The lowest BCUT2D eigenvalue weighted by molar-refractivity contribution is -0.120. The molecule has 1 heterocycles. The first-order chi connectivity index (χ1) is 10.7. The van der Waals surface area contributed by atoms with E-state index in [9.17, 15) is 9.59 Å². The molecule has 116 valence electrons. The molecule has 1 fully saturated rings. The van der Waals surface area contributed by atoms with Crippen LogP contribution in [0.1, 0.15) is 32.2 Å². The number of benzene rings is 1. The van der Waals surface area contributed by atoms with Crippen molar-refractivity contribution in [2.24, 2.45) is 0 Å². The first-order valence-electron chi connectivity index (χ1n) is 7.72. The molecule has 2 aromatic rings. The molecule has 1 amide bonds. The highest BCUT2D eigenvalue weighted by Gasteiger charge is 2.30. The SMILES string of the molecule is CCC(=O)NCCn1nc(-c2ccccc2)n(C2CC2)c1=O. The van der Waals surface area contributed by atoms with Crippen LogP contribution in [0.5, 0.6) is 0 Å². The summed E-state index contributed by atoms with van der Waals surface area (Å²) >= 11 is 0. The predicted octanol–water partition coefficient (Wildman–Crippen LogP) is 1.57. The summed E-state index contributed by atoms with van der Waals surface area (Å²) in [6, 6.07) is 10.0. The zero-order valence-electron chi connectivity index (χ0n) is 12.7. The Morgan fingerprint density at radius 1 is 1.32 bits per heavy atom. The van der Waals surface area contributed by atoms with Crippen molar-refractivity contribution in [1.82, 2.24) is 19.7 Å². The maximum absolute atomic E-state index is 12.5. The Bertz CT molecular complexity index is 713. The molecular weight excluding hydrogens is 280 g/mol. The fraction of sp³-hybridized carbons (Fsp3) is 0.438. The average molecular weight is 300 g/mol. The fourth-order valence-corrected chi connectivity index (χ4v) is 2.44. The van der Waals surface area contributed by atoms with E-state index in [1.165, 1.54) is 4.68 Å². The molecule has 1 aliphatic carbocycles. The van der Waals surface area contributed by atoms with Gasteiger partial charge < -0.3 is 5.32 Å². The van der Waals surface area contributed by atoms with E-state index < -0.39 is 0 Å². The van der Waals surface area contributed by atoms with Crippen LogP contribution < -0.4 is 11.0 Å². The van der Waals surface area contributed by atoms with E-state index in [4.69, 9.17) is 0 Å². The number of carbonyl (C=O) groups is 1. The summed E-state index contributed by atoms with van der Waals surface area (Å²) in [5.74, 6) is 0.702. The number of carbonyl (C=O) groups excluding carboxylic acids is 1. The molecule has 0 atom stereocenters. The quantitative estimate of drug-likeness (QED) is 0.880. The molecule has 1 aromatic carbocycles. The van der Waals surface area contributed by atoms with E-state index in [0.29, 0.717) is 19.5 Å². The molecule has 6 nitrogen and oxygen atoms in total. The molecule has 0 saturated heterocycles. The molecule has 1 saturated carbocycles. The largest absolute Gasteiger partial charge is 0.354 e. The predicted molar refractivity (Wildman–Crippen MR) is 83.5 cm³/mol. The summed E-state index contributed by atoms with van der Waals surface area (Å²) in [6.45, 7) is 2.61. The summed E-state index contributed by atoms with van der Waals surface area (Å²) < 4.78 is 3.24. The first kappa shape index (κ1) is 14.6. The van der Waals surface area contributed by atoms with Crippen molar-refractivity contribution >= 4 is 5.91 Å². The zero-order valence-corrected chi connectivity index (χ0v) is 12.7. The van der Waals surface area contributed by atoms with Gasteiger partial charge in [-0.3, -0.25) is 9.36 Å². The summed E-state index contributed by atoms with van der Waals surface area (Å²) in [7, 11) is 0. The molecular formula is C16H20N4O2. The average Bonchev–Trinajstić information content (AvgIpc) is 3.33. The minimum absolute atomic E-state index is 0.0158. The summed E-state index contributed by atoms with van der Waals surface area (Å²) in [4.78, 5) is 23.8. The number of hydrogen-bond acceptors (Lipinski definition) is 3. The summed E-state index contributed by atoms with van der Waals surface area (Å²) in [5, 5.41) is 7.25. The van der Waals surface area contributed by atoms with E-state index in [1.54, 1.807) is 11.5 Å². The molecule has 1 aliphatic rings. The maximum Gasteiger partial charge on any atom is 0.346 e. The second-order valence-electron chi connectivity index (χ2n) is 5.50. The van der Waals surface area contributed by atoms with E-state index in [2.05, 4.69) is 10.4 Å². The van der Waals surface area contributed by atoms with Crippen LogP contribution >= 0.6 is 0 Å². The molecule has 1 N–H and O–H groups in total. The Balaban J connectivity index is 1.86. The highest BCUT2D eigenvalue weighted by atomic mass is 16.2. The Morgan fingerprint density at radius 2 is 2.05 bits per heavy atom. The fourth-order valence-electron chi connectivity index (χ4n) is 2.44. The Morgan fingerprint density at radius 3 is 2.68 bits per heavy atom. The third-order valence-corrected chi connectivity index (χ3v) is 3.78. The van der Waals surface area contributed by atoms with Crippen LogP contribution in [0.2, 0.25) is 0 Å². The molecule has 0 spiro atoms. The second-order valence-corrected chi connectivity index (χ2v) is 5.50. The summed E-state index contributed by atoms with van der Waals surface area (Å²) in [5.41, 5.74) is 0.856. The number of rotatable bonds is 6. The summed E-state index contributed by atoms with van der Waals surface area (Å²) in [6.07, 6.45) is 2.50. The maximum atomic E-state index is 12.5. The van der Waals surface area contributed by atoms with E-state index in [0.717, 1.165) is 24.2 Å². The van der Waals surface area contributed by atoms with Gasteiger partial charge in [0, 0.05) is 24.6 Å². The zero-order chi connectivity index (χ0) is 15.5. The van der Waals surface area contributed by atoms with Crippen molar-refractivity contribution in [3.63, 3.8) is 0 Å². The number of nitrogens with zero attached hydrogens (tertiary/aromatic N) is 3. The third-order valence-electron chi connectivity index (χ3n) is 3.78. The van der Waals surface area contributed by atoms with Crippen LogP contribution in [0.25, 0.3) is 11.4 Å². The lowest BCUT2D eigenvalue weighted by Gasteiger charge is -2.02. The third kappa shape index (κ3) is 2.95. The molecule has 1 aromatic heterocycles. The van der Waals surface area contributed by atoms with E-state index >= 15 is 0 Å². The smallest absolute Gasteiger partial charge is 0.346 e. The van der Waals surface area contributed by atoms with Crippen LogP contribution in [0.4, 0.5) is 0 Å². The van der Waals surface area contributed by atoms with Crippen molar-refractivity contribution in [1.29, 1.82) is 0 Å². The molecule has 0 bridgehead atoms. The molecule has 3 rings (SSSR count). The molecule has 22 heavy (non-hydrogen) atoms. The number of aromatic nitrogens is 3. The van der Waals surface area contributed by atoms with Crippen molar-refractivity contribution in [3.05, 3.63) is 40.8 Å². The number of amides is 1. The molecule has 0 aliphatic heterocycles. The van der Waals surface area contributed by atoms with Gasteiger partial charge in [-0.15, -0.1) is 5.10 Å². The molecule has 0 unspecified atom stereocenters. The number of nitrogens with one attached hydrogen (secondary N) is 1. The van der Waals surface area contributed by atoms with Crippen LogP contribution in [-0.2, 0) is 11.3 Å². The lowest BCUT2D eigenvalue weighted by atomic mass is 10.2. The van der Waals surface area contributed by atoms with Gasteiger partial charge in [-0.25, -0.2) is 9.48 Å². The minimum Gasteiger partial charge on any atom is -0.354 e. The van der Waals surface area contributed by atoms with Crippen LogP contribution in [0.3, 0.4) is 0 Å². The van der Waals surface area contributed by atoms with Crippen molar-refractivity contribution in [2.45, 2.75) is 38.8 Å². The van der Waals surface area contributed by atoms with Gasteiger partial charge in [0.25, 0.3) is 0 Å². The van der Waals surface area contributed by atoms with Crippen LogP contribution in [-0.4, -0.2) is 26.8 Å². The first-order valence-corrected chi connectivity index (χ1v) is 7.72. The molecule has 0 radical (unpaired) electrons. The van der Waals surface area contributed by atoms with Crippen LogP contribution in [0.15, 0.2) is 35.1 Å². The Kier molecular flexibility index (Phi) is 4.09. The molecule has 6 heteroatoms. The van der Waals surface area contributed by atoms with Gasteiger partial charge in [0.15, 0.2) is 5.82 Å². The normalized spacial score (nSPS) is 14.0. The highest BCUT2D eigenvalue weighted by molar-refractivity contribution is 5.75. The number of hydrogen-bond donors (Lipinski definition) is 1. The second kappa shape index (κ2) is 6.17.